The van der Waals surface area contributed by atoms with Crippen LogP contribution in [0.4, 0.5) is 0 Å². The smallest absolute Gasteiger partial charge is 0.251 e. The predicted molar refractivity (Wildman–Crippen MR) is 108 cm³/mol. The van der Waals surface area contributed by atoms with Gasteiger partial charge < -0.3 is 9.88 Å². The van der Waals surface area contributed by atoms with Gasteiger partial charge in [-0.15, -0.1) is 0 Å². The number of carbonyl (C=O) groups excluding carboxylic acids is 1. The van der Waals surface area contributed by atoms with Crippen molar-refractivity contribution < 1.29 is 13.2 Å². The van der Waals surface area contributed by atoms with E-state index in [-0.39, 0.29) is 16.8 Å². The summed E-state index contributed by atoms with van der Waals surface area (Å²) in [5.41, 5.74) is 2.54. The molecule has 146 valence electrons. The second kappa shape index (κ2) is 8.39. The molecule has 3 rings (SSSR count). The fraction of sp³-hybridized carbons (Fsp3) is 0.238. The summed E-state index contributed by atoms with van der Waals surface area (Å²) in [5, 5.41) is 3.02. The van der Waals surface area contributed by atoms with E-state index in [1.807, 2.05) is 29.8 Å². The van der Waals surface area contributed by atoms with Gasteiger partial charge in [-0.3, -0.25) is 4.79 Å². The minimum Gasteiger partial charge on any atom is -0.345 e. The molecule has 1 atom stereocenters. The van der Waals surface area contributed by atoms with Gasteiger partial charge in [-0.1, -0.05) is 31.2 Å². The highest BCUT2D eigenvalue weighted by atomic mass is 32.2. The number of carbonyl (C=O) groups is 1. The number of amides is 1. The number of rotatable bonds is 7. The van der Waals surface area contributed by atoms with E-state index in [1.165, 1.54) is 6.26 Å². The molecule has 0 aliphatic carbocycles. The second-order valence-electron chi connectivity index (χ2n) is 6.71. The van der Waals surface area contributed by atoms with E-state index in [0.29, 0.717) is 18.5 Å². The molecule has 1 aromatic heterocycles. The molecule has 1 amide bonds. The Morgan fingerprint density at radius 1 is 1.11 bits per heavy atom. The lowest BCUT2D eigenvalue weighted by molar-refractivity contribution is 0.0935. The number of sulfone groups is 1. The summed E-state index contributed by atoms with van der Waals surface area (Å²) in [4.78, 5) is 16.9. The molecule has 28 heavy (non-hydrogen) atoms. The van der Waals surface area contributed by atoms with Gasteiger partial charge in [0.15, 0.2) is 9.84 Å². The maximum Gasteiger partial charge on any atom is 0.251 e. The summed E-state index contributed by atoms with van der Waals surface area (Å²) in [6.07, 6.45) is 7.25. The summed E-state index contributed by atoms with van der Waals surface area (Å²) in [7, 11) is -3.23. The quantitative estimate of drug-likeness (QED) is 0.664. The topological polar surface area (TPSA) is 81.1 Å². The largest absolute Gasteiger partial charge is 0.345 e. The minimum atomic E-state index is -3.23. The number of hydrogen-bond acceptors (Lipinski definition) is 4. The number of aromatic nitrogens is 2. The Morgan fingerprint density at radius 2 is 1.79 bits per heavy atom. The zero-order valence-corrected chi connectivity index (χ0v) is 16.7. The summed E-state index contributed by atoms with van der Waals surface area (Å²) in [5.74, 6) is -0.159. The second-order valence-corrected chi connectivity index (χ2v) is 8.72. The van der Waals surface area contributed by atoms with Crippen LogP contribution in [0.2, 0.25) is 0 Å². The fourth-order valence-corrected chi connectivity index (χ4v) is 3.59. The molecule has 0 fully saturated rings. The molecule has 0 saturated carbocycles. The van der Waals surface area contributed by atoms with Gasteiger partial charge >= 0.3 is 0 Å². The van der Waals surface area contributed by atoms with E-state index in [4.69, 9.17) is 0 Å². The van der Waals surface area contributed by atoms with Crippen molar-refractivity contribution in [2.45, 2.75) is 30.8 Å². The summed E-state index contributed by atoms with van der Waals surface area (Å²) in [6.45, 7) is 2.68. The molecule has 3 aromatic rings. The van der Waals surface area contributed by atoms with Gasteiger partial charge in [0.05, 0.1) is 17.3 Å². The Morgan fingerprint density at radius 3 is 2.32 bits per heavy atom. The van der Waals surface area contributed by atoms with Crippen molar-refractivity contribution in [3.05, 3.63) is 83.9 Å². The van der Waals surface area contributed by atoms with Crippen molar-refractivity contribution in [1.29, 1.82) is 0 Å². The molecule has 7 heteroatoms. The highest BCUT2D eigenvalue weighted by molar-refractivity contribution is 7.90. The zero-order valence-electron chi connectivity index (χ0n) is 15.9. The van der Waals surface area contributed by atoms with Crippen LogP contribution in [0.1, 0.15) is 40.9 Å². The van der Waals surface area contributed by atoms with Gasteiger partial charge in [0.1, 0.15) is 0 Å². The first-order valence-corrected chi connectivity index (χ1v) is 10.9. The zero-order chi connectivity index (χ0) is 20.1. The minimum absolute atomic E-state index is 0.159. The lowest BCUT2D eigenvalue weighted by atomic mass is 10.0. The van der Waals surface area contributed by atoms with Gasteiger partial charge in [0.25, 0.3) is 5.91 Å². The van der Waals surface area contributed by atoms with Gasteiger partial charge in [-0.2, -0.15) is 0 Å². The third-order valence-corrected chi connectivity index (χ3v) is 5.69. The monoisotopic (exact) mass is 397 g/mol. The summed E-state index contributed by atoms with van der Waals surface area (Å²) < 4.78 is 25.2. The third-order valence-electron chi connectivity index (χ3n) is 4.56. The lowest BCUT2D eigenvalue weighted by Gasteiger charge is -2.18. The molecule has 0 unspecified atom stereocenters. The maximum atomic E-state index is 12.6. The molecule has 0 aliphatic heterocycles. The third kappa shape index (κ3) is 4.86. The van der Waals surface area contributed by atoms with E-state index >= 15 is 0 Å². The van der Waals surface area contributed by atoms with Gasteiger partial charge in [-0.25, -0.2) is 13.4 Å². The van der Waals surface area contributed by atoms with Crippen molar-refractivity contribution in [3.8, 4) is 0 Å². The highest BCUT2D eigenvalue weighted by Crippen LogP contribution is 2.20. The highest BCUT2D eigenvalue weighted by Gasteiger charge is 2.15. The Labute approximate surface area is 165 Å². The van der Waals surface area contributed by atoms with E-state index in [0.717, 1.165) is 11.1 Å². The van der Waals surface area contributed by atoms with Crippen LogP contribution in [0, 0.1) is 0 Å². The summed E-state index contributed by atoms with van der Waals surface area (Å²) in [6, 6.07) is 13.9. The molecule has 2 aromatic carbocycles. The first kappa shape index (κ1) is 19.8. The Balaban J connectivity index is 1.68. The van der Waals surface area contributed by atoms with Crippen LogP contribution < -0.4 is 5.32 Å². The first-order chi connectivity index (χ1) is 13.4. The van der Waals surface area contributed by atoms with Crippen LogP contribution in [-0.2, 0) is 16.4 Å². The molecule has 0 radical (unpaired) electrons. The Bertz CT molecular complexity index is 1030. The molecule has 0 saturated heterocycles. The standard InChI is InChI=1S/C21H23N3O3S/c1-3-20(17-8-10-19(11-9-17)28(2,26)27)23-21(25)18-6-4-16(5-7-18)14-24-13-12-22-15-24/h4-13,15,20H,3,14H2,1-2H3,(H,23,25)/t20-/m1/s1. The first-order valence-electron chi connectivity index (χ1n) is 9.02. The lowest BCUT2D eigenvalue weighted by Crippen LogP contribution is -2.28. The predicted octanol–water partition coefficient (Wildman–Crippen LogP) is 3.22. The normalized spacial score (nSPS) is 12.5. The van der Waals surface area contributed by atoms with Crippen LogP contribution in [-0.4, -0.2) is 30.1 Å². The Hall–Kier alpha value is -2.93. The number of nitrogens with one attached hydrogen (secondary N) is 1. The van der Waals surface area contributed by atoms with Crippen LogP contribution in [0.25, 0.3) is 0 Å². The number of benzene rings is 2. The van der Waals surface area contributed by atoms with Crippen LogP contribution >= 0.6 is 0 Å². The molecule has 1 heterocycles. The number of nitrogens with zero attached hydrogens (tertiary/aromatic N) is 2. The van der Waals surface area contributed by atoms with E-state index in [9.17, 15) is 13.2 Å². The van der Waals surface area contributed by atoms with Crippen molar-refractivity contribution in [2.75, 3.05) is 6.26 Å². The maximum absolute atomic E-state index is 12.6. The molecular formula is C21H23N3O3S. The van der Waals surface area contributed by atoms with Crippen molar-refractivity contribution in [3.63, 3.8) is 0 Å². The number of imidazole rings is 1. The summed E-state index contributed by atoms with van der Waals surface area (Å²) >= 11 is 0. The van der Waals surface area contributed by atoms with Crippen LogP contribution in [0.3, 0.4) is 0 Å². The van der Waals surface area contributed by atoms with E-state index < -0.39 is 9.84 Å². The molecule has 1 N–H and O–H groups in total. The van der Waals surface area contributed by atoms with E-state index in [2.05, 4.69) is 10.3 Å². The van der Waals surface area contributed by atoms with Crippen molar-refractivity contribution >= 4 is 15.7 Å². The van der Waals surface area contributed by atoms with Crippen LogP contribution in [0.5, 0.6) is 0 Å². The number of hydrogen-bond donors (Lipinski definition) is 1. The molecular weight excluding hydrogens is 374 g/mol. The van der Waals surface area contributed by atoms with Gasteiger partial charge in [0, 0.05) is 30.8 Å². The average Bonchev–Trinajstić information content (AvgIpc) is 3.19. The molecule has 0 spiro atoms. The molecule has 0 bridgehead atoms. The van der Waals surface area contributed by atoms with Gasteiger partial charge in [-0.05, 0) is 41.8 Å². The molecule has 0 aliphatic rings. The SMILES string of the molecule is CC[C@@H](NC(=O)c1ccc(Cn2ccnc2)cc1)c1ccc(S(C)(=O)=O)cc1. The van der Waals surface area contributed by atoms with Crippen molar-refractivity contribution in [1.82, 2.24) is 14.9 Å². The fourth-order valence-electron chi connectivity index (χ4n) is 2.96. The molecule has 6 nitrogen and oxygen atoms in total. The van der Waals surface area contributed by atoms with E-state index in [1.54, 1.807) is 48.9 Å². The Kier molecular flexibility index (Phi) is 5.94. The van der Waals surface area contributed by atoms with Crippen LogP contribution in [0.15, 0.2) is 72.1 Å². The van der Waals surface area contributed by atoms with Crippen molar-refractivity contribution in [2.24, 2.45) is 0 Å². The van der Waals surface area contributed by atoms with Gasteiger partial charge in [0.2, 0.25) is 0 Å². The average molecular weight is 398 g/mol.